The van der Waals surface area contributed by atoms with Gasteiger partial charge >= 0.3 is 5.97 Å². The zero-order chi connectivity index (χ0) is 15.1. The average Bonchev–Trinajstić information content (AvgIpc) is 2.42. The first kappa shape index (κ1) is 16.8. The summed E-state index contributed by atoms with van der Waals surface area (Å²) >= 11 is 0. The van der Waals surface area contributed by atoms with Gasteiger partial charge in [0.2, 0.25) is 0 Å². The van der Waals surface area contributed by atoms with Gasteiger partial charge in [0.25, 0.3) is 0 Å². The number of hydrogen-bond donors (Lipinski definition) is 1. The first-order valence-electron chi connectivity index (χ1n) is 6.46. The van der Waals surface area contributed by atoms with Crippen LogP contribution in [0.15, 0.2) is 30.3 Å². The third-order valence-electron chi connectivity index (χ3n) is 2.95. The van der Waals surface area contributed by atoms with Gasteiger partial charge in [0.1, 0.15) is 14.0 Å². The Morgan fingerprint density at radius 1 is 1.25 bits per heavy atom. The van der Waals surface area contributed by atoms with E-state index in [-0.39, 0.29) is 6.61 Å². The number of carbonyl (C=O) groups is 1. The Morgan fingerprint density at radius 2 is 1.85 bits per heavy atom. The summed E-state index contributed by atoms with van der Waals surface area (Å²) in [7, 11) is 11.4. The minimum atomic E-state index is -1.02. The van der Waals surface area contributed by atoms with E-state index in [0.717, 1.165) is 5.56 Å². The number of aliphatic carboxylic acids is 1. The fraction of sp³-hybridized carbons (Fsp3) is 0.500. The molecule has 4 atom stereocenters. The molecule has 0 heterocycles. The van der Waals surface area contributed by atoms with Gasteiger partial charge in [0, 0.05) is 0 Å². The molecule has 6 heteroatoms. The molecule has 4 radical (unpaired) electrons. The van der Waals surface area contributed by atoms with Gasteiger partial charge in [-0.3, -0.25) is 4.79 Å². The molecule has 1 aromatic carbocycles. The van der Waals surface area contributed by atoms with Crippen LogP contribution in [0.5, 0.6) is 0 Å². The molecule has 20 heavy (non-hydrogen) atoms. The van der Waals surface area contributed by atoms with Crippen LogP contribution in [0, 0.1) is 5.92 Å². The number of hydrogen-bond acceptors (Lipinski definition) is 3. The highest BCUT2D eigenvalue weighted by molar-refractivity contribution is 6.12. The Labute approximate surface area is 122 Å². The van der Waals surface area contributed by atoms with Gasteiger partial charge in [0.05, 0.1) is 26.5 Å². The summed E-state index contributed by atoms with van der Waals surface area (Å²) in [6, 6.07) is 9.48. The van der Waals surface area contributed by atoms with E-state index in [0.29, 0.717) is 0 Å². The van der Waals surface area contributed by atoms with E-state index in [9.17, 15) is 4.79 Å². The van der Waals surface area contributed by atoms with Crippen molar-refractivity contribution in [2.24, 2.45) is 5.92 Å². The molecular formula is C14H18B2O4. The maximum atomic E-state index is 11.0. The van der Waals surface area contributed by atoms with E-state index in [1.165, 1.54) is 6.92 Å². The molecule has 0 aliphatic heterocycles. The maximum absolute atomic E-state index is 11.0. The largest absolute Gasteiger partial charge is 0.481 e. The van der Waals surface area contributed by atoms with Crippen LogP contribution >= 0.6 is 0 Å². The third kappa shape index (κ3) is 5.39. The molecule has 0 aromatic heterocycles. The average molecular weight is 272 g/mol. The predicted molar refractivity (Wildman–Crippen MR) is 77.6 cm³/mol. The number of carboxylic acid groups (broad SMARTS) is 1. The summed E-state index contributed by atoms with van der Waals surface area (Å²) in [6.45, 7) is 3.49. The smallest absolute Gasteiger partial charge is 0.308 e. The molecule has 4 nitrogen and oxygen atoms in total. The topological polar surface area (TPSA) is 55.8 Å². The van der Waals surface area contributed by atoms with Gasteiger partial charge < -0.3 is 14.6 Å². The number of ether oxygens (including phenoxy) is 2. The summed E-state index contributed by atoms with van der Waals surface area (Å²) in [5, 5.41) is 9.00. The summed E-state index contributed by atoms with van der Waals surface area (Å²) < 4.78 is 10.8. The second kappa shape index (κ2) is 8.12. The second-order valence-electron chi connectivity index (χ2n) is 4.75. The molecule has 0 amide bonds. The van der Waals surface area contributed by atoms with Crippen LogP contribution in [0.4, 0.5) is 0 Å². The fourth-order valence-corrected chi connectivity index (χ4v) is 1.78. The molecule has 0 saturated heterocycles. The molecule has 0 saturated carbocycles. The first-order chi connectivity index (χ1) is 9.41. The molecule has 0 aliphatic rings. The monoisotopic (exact) mass is 272 g/mol. The van der Waals surface area contributed by atoms with Gasteiger partial charge in [-0.1, -0.05) is 43.1 Å². The first-order valence-corrected chi connectivity index (χ1v) is 6.46. The fourth-order valence-electron chi connectivity index (χ4n) is 1.78. The Balaban J connectivity index is 2.50. The van der Waals surface area contributed by atoms with Crippen LogP contribution in [0.3, 0.4) is 0 Å². The molecule has 0 bridgehead atoms. The maximum Gasteiger partial charge on any atom is 0.308 e. The zero-order valence-corrected chi connectivity index (χ0v) is 11.7. The highest BCUT2D eigenvalue weighted by Gasteiger charge is 2.28. The van der Waals surface area contributed by atoms with Gasteiger partial charge in [0.15, 0.2) is 0 Å². The van der Waals surface area contributed by atoms with E-state index in [4.69, 9.17) is 30.3 Å². The Morgan fingerprint density at radius 3 is 2.35 bits per heavy atom. The normalized spacial score (nSPS) is 17.1. The van der Waals surface area contributed by atoms with Crippen LogP contribution in [0.2, 0.25) is 5.82 Å². The summed E-state index contributed by atoms with van der Waals surface area (Å²) in [4.78, 5) is 11.0. The lowest BCUT2D eigenvalue weighted by molar-refractivity contribution is -0.163. The van der Waals surface area contributed by atoms with E-state index in [2.05, 4.69) is 0 Å². The van der Waals surface area contributed by atoms with Crippen LogP contribution in [0.25, 0.3) is 0 Å². The zero-order valence-electron chi connectivity index (χ0n) is 11.7. The van der Waals surface area contributed by atoms with Crippen molar-refractivity contribution in [1.29, 1.82) is 0 Å². The number of rotatable bonds is 8. The predicted octanol–water partition coefficient (Wildman–Crippen LogP) is 1.74. The van der Waals surface area contributed by atoms with E-state index in [1.807, 2.05) is 30.3 Å². The highest BCUT2D eigenvalue weighted by Crippen LogP contribution is 2.21. The molecule has 0 aliphatic carbocycles. The van der Waals surface area contributed by atoms with Crippen molar-refractivity contribution in [2.45, 2.75) is 38.6 Å². The van der Waals surface area contributed by atoms with Crippen LogP contribution in [-0.2, 0) is 20.9 Å². The second-order valence-corrected chi connectivity index (χ2v) is 4.75. The van der Waals surface area contributed by atoms with Crippen molar-refractivity contribution in [3.63, 3.8) is 0 Å². The van der Waals surface area contributed by atoms with Gasteiger partial charge in [-0.15, -0.1) is 0 Å². The summed E-state index contributed by atoms with van der Waals surface area (Å²) in [6.07, 6.45) is -1.73. The quantitative estimate of drug-likeness (QED) is 0.578. The number of benzene rings is 1. The van der Waals surface area contributed by atoms with Crippen molar-refractivity contribution in [1.82, 2.24) is 0 Å². The van der Waals surface area contributed by atoms with Crippen molar-refractivity contribution < 1.29 is 19.4 Å². The van der Waals surface area contributed by atoms with Crippen LogP contribution in [0.1, 0.15) is 19.4 Å². The van der Waals surface area contributed by atoms with E-state index < -0.39 is 30.0 Å². The van der Waals surface area contributed by atoms with Gasteiger partial charge in [-0.05, 0) is 12.5 Å². The Bertz CT molecular complexity index is 411. The van der Waals surface area contributed by atoms with Crippen molar-refractivity contribution in [3.8, 4) is 0 Å². The minimum Gasteiger partial charge on any atom is -0.481 e. The summed E-state index contributed by atoms with van der Waals surface area (Å²) in [5.41, 5.74) is 0.954. The molecule has 1 N–H and O–H groups in total. The SMILES string of the molecule is [B]C(OCc1ccccc1)OC(C([B])C)C(C)C(=O)O. The van der Waals surface area contributed by atoms with Crippen molar-refractivity contribution in [3.05, 3.63) is 35.9 Å². The molecule has 0 fully saturated rings. The molecule has 4 unspecified atom stereocenters. The minimum absolute atomic E-state index is 0.287. The standard InChI is InChI=1S/C14H18B2O4/c1-9(13(17)18)12(10(2)15)20-14(16)19-8-11-6-4-3-5-7-11/h3-7,9-10,12,14H,8H2,1-2H3,(H,17,18). The summed E-state index contributed by atoms with van der Waals surface area (Å²) in [5.74, 6) is -2.21. The molecule has 0 spiro atoms. The molecule has 1 rings (SSSR count). The van der Waals surface area contributed by atoms with Crippen molar-refractivity contribution in [2.75, 3.05) is 0 Å². The lowest BCUT2D eigenvalue weighted by Gasteiger charge is -2.29. The third-order valence-corrected chi connectivity index (χ3v) is 2.95. The Kier molecular flexibility index (Phi) is 6.82. The lowest BCUT2D eigenvalue weighted by atomic mass is 9.79. The van der Waals surface area contributed by atoms with E-state index >= 15 is 0 Å². The Hall–Kier alpha value is -1.26. The van der Waals surface area contributed by atoms with Gasteiger partial charge in [-0.2, -0.15) is 0 Å². The van der Waals surface area contributed by atoms with Gasteiger partial charge in [-0.25, -0.2) is 0 Å². The molecular weight excluding hydrogens is 254 g/mol. The number of carboxylic acids is 1. The molecule has 104 valence electrons. The van der Waals surface area contributed by atoms with E-state index in [1.54, 1.807) is 6.92 Å². The molecule has 1 aromatic rings. The van der Waals surface area contributed by atoms with Crippen LogP contribution < -0.4 is 0 Å². The van der Waals surface area contributed by atoms with Crippen molar-refractivity contribution >= 4 is 21.7 Å². The van der Waals surface area contributed by atoms with Crippen LogP contribution in [-0.4, -0.2) is 39.1 Å². The highest BCUT2D eigenvalue weighted by atomic mass is 16.7. The lowest BCUT2D eigenvalue weighted by Crippen LogP contribution is -2.36.